The first-order chi connectivity index (χ1) is 7.43. The highest BCUT2D eigenvalue weighted by atomic mass is 16.3. The van der Waals surface area contributed by atoms with Crippen molar-refractivity contribution in [2.45, 2.75) is 52.2 Å². The highest BCUT2D eigenvalue weighted by Crippen LogP contribution is 2.22. The maximum Gasteiger partial charge on any atom is 0.0667 e. The van der Waals surface area contributed by atoms with E-state index in [2.05, 4.69) is 31.0 Å². The lowest BCUT2D eigenvalue weighted by Gasteiger charge is -2.35. The number of aliphatic hydroxyl groups is 1. The van der Waals surface area contributed by atoms with E-state index >= 15 is 0 Å². The lowest BCUT2D eigenvalue weighted by Crippen LogP contribution is -2.44. The third-order valence-electron chi connectivity index (χ3n) is 3.61. The van der Waals surface area contributed by atoms with Crippen LogP contribution in [0.1, 0.15) is 40.0 Å². The highest BCUT2D eigenvalue weighted by molar-refractivity contribution is 4.81. The Bertz CT molecular complexity index is 201. The molecule has 0 aliphatic carbocycles. The minimum Gasteiger partial charge on any atom is -0.392 e. The molecule has 1 aliphatic heterocycles. The minimum absolute atomic E-state index is 0.101. The third-order valence-corrected chi connectivity index (χ3v) is 3.61. The number of rotatable bonds is 4. The summed E-state index contributed by atoms with van der Waals surface area (Å²) in [4.78, 5) is 2.39. The van der Waals surface area contributed by atoms with Gasteiger partial charge in [0.25, 0.3) is 0 Å². The Morgan fingerprint density at radius 3 is 2.62 bits per heavy atom. The van der Waals surface area contributed by atoms with Crippen LogP contribution in [0.4, 0.5) is 0 Å². The van der Waals surface area contributed by atoms with Gasteiger partial charge in [0.1, 0.15) is 0 Å². The Hall–Kier alpha value is -0.120. The van der Waals surface area contributed by atoms with Crippen molar-refractivity contribution in [1.29, 1.82) is 0 Å². The standard InChI is InChI=1S/C13H28N2O/c1-13(2,3)12(14-4)7-9-15-8-5-6-11(16)10-15/h11-12,14,16H,5-10H2,1-4H3. The van der Waals surface area contributed by atoms with Crippen molar-refractivity contribution in [3.63, 3.8) is 0 Å². The molecule has 1 rings (SSSR count). The molecular weight excluding hydrogens is 200 g/mol. The molecule has 16 heavy (non-hydrogen) atoms. The molecule has 2 atom stereocenters. The first kappa shape index (κ1) is 13.9. The topological polar surface area (TPSA) is 35.5 Å². The second kappa shape index (κ2) is 5.99. The summed E-state index contributed by atoms with van der Waals surface area (Å²) in [5.74, 6) is 0. The van der Waals surface area contributed by atoms with Crippen molar-refractivity contribution in [3.05, 3.63) is 0 Å². The summed E-state index contributed by atoms with van der Waals surface area (Å²) in [6, 6.07) is 0.548. The molecule has 0 radical (unpaired) electrons. The number of aliphatic hydroxyl groups excluding tert-OH is 1. The summed E-state index contributed by atoms with van der Waals surface area (Å²) in [6.07, 6.45) is 3.18. The van der Waals surface area contributed by atoms with Crippen LogP contribution in [0.15, 0.2) is 0 Å². The van der Waals surface area contributed by atoms with Crippen molar-refractivity contribution < 1.29 is 5.11 Å². The zero-order valence-corrected chi connectivity index (χ0v) is 11.3. The van der Waals surface area contributed by atoms with E-state index < -0.39 is 0 Å². The molecule has 0 saturated carbocycles. The number of piperidine rings is 1. The van der Waals surface area contributed by atoms with Gasteiger partial charge in [-0.05, 0) is 44.8 Å². The fourth-order valence-corrected chi connectivity index (χ4v) is 2.56. The van der Waals surface area contributed by atoms with Crippen LogP contribution >= 0.6 is 0 Å². The van der Waals surface area contributed by atoms with Gasteiger partial charge < -0.3 is 15.3 Å². The summed E-state index contributed by atoms with van der Waals surface area (Å²) in [6.45, 7) is 9.94. The molecule has 0 aromatic rings. The maximum atomic E-state index is 9.60. The molecule has 0 amide bonds. The number of likely N-dealkylation sites (tertiary alicyclic amines) is 1. The van der Waals surface area contributed by atoms with Gasteiger partial charge in [0.05, 0.1) is 6.10 Å². The van der Waals surface area contributed by atoms with Crippen LogP contribution in [0.3, 0.4) is 0 Å². The molecule has 3 heteroatoms. The van der Waals surface area contributed by atoms with Gasteiger partial charge >= 0.3 is 0 Å². The summed E-state index contributed by atoms with van der Waals surface area (Å²) in [5, 5.41) is 13.0. The highest BCUT2D eigenvalue weighted by Gasteiger charge is 2.24. The Kier molecular flexibility index (Phi) is 5.22. The molecule has 1 aliphatic rings. The molecule has 1 saturated heterocycles. The fourth-order valence-electron chi connectivity index (χ4n) is 2.56. The molecule has 2 unspecified atom stereocenters. The summed E-state index contributed by atoms with van der Waals surface area (Å²) in [7, 11) is 2.04. The normalized spacial score (nSPS) is 25.7. The van der Waals surface area contributed by atoms with Gasteiger partial charge in [-0.3, -0.25) is 0 Å². The summed E-state index contributed by atoms with van der Waals surface area (Å²) >= 11 is 0. The molecular formula is C13H28N2O. The molecule has 1 fully saturated rings. The zero-order valence-electron chi connectivity index (χ0n) is 11.3. The first-order valence-corrected chi connectivity index (χ1v) is 6.51. The average Bonchev–Trinajstić information content (AvgIpc) is 2.16. The quantitative estimate of drug-likeness (QED) is 0.765. The van der Waals surface area contributed by atoms with Crippen molar-refractivity contribution in [2.24, 2.45) is 5.41 Å². The van der Waals surface area contributed by atoms with Crippen LogP contribution in [0, 0.1) is 5.41 Å². The van der Waals surface area contributed by atoms with Crippen LogP contribution in [-0.4, -0.2) is 48.8 Å². The van der Waals surface area contributed by atoms with Crippen molar-refractivity contribution >= 4 is 0 Å². The van der Waals surface area contributed by atoms with Gasteiger partial charge in [-0.1, -0.05) is 20.8 Å². The van der Waals surface area contributed by atoms with Gasteiger partial charge in [0, 0.05) is 12.6 Å². The first-order valence-electron chi connectivity index (χ1n) is 6.51. The Balaban J connectivity index is 2.32. The SMILES string of the molecule is CNC(CCN1CCCC(O)C1)C(C)(C)C. The average molecular weight is 228 g/mol. The molecule has 0 spiro atoms. The van der Waals surface area contributed by atoms with Gasteiger partial charge in [-0.2, -0.15) is 0 Å². The van der Waals surface area contributed by atoms with E-state index in [1.165, 1.54) is 0 Å². The molecule has 1 heterocycles. The summed E-state index contributed by atoms with van der Waals surface area (Å²) < 4.78 is 0. The lowest BCUT2D eigenvalue weighted by atomic mass is 9.84. The largest absolute Gasteiger partial charge is 0.392 e. The minimum atomic E-state index is -0.101. The molecule has 0 aromatic carbocycles. The third kappa shape index (κ3) is 4.40. The number of nitrogens with one attached hydrogen (secondary N) is 1. The van der Waals surface area contributed by atoms with Crippen LogP contribution in [0.25, 0.3) is 0 Å². The number of hydrogen-bond acceptors (Lipinski definition) is 3. The van der Waals surface area contributed by atoms with E-state index in [-0.39, 0.29) is 6.10 Å². The van der Waals surface area contributed by atoms with E-state index in [0.29, 0.717) is 11.5 Å². The second-order valence-corrected chi connectivity index (χ2v) is 6.09. The van der Waals surface area contributed by atoms with E-state index in [1.807, 2.05) is 7.05 Å². The molecule has 96 valence electrons. The van der Waals surface area contributed by atoms with Gasteiger partial charge in [-0.15, -0.1) is 0 Å². The Labute approximate surface area is 100 Å². The van der Waals surface area contributed by atoms with Gasteiger partial charge in [0.2, 0.25) is 0 Å². The number of β-amino-alcohol motifs (C(OH)–C–C–N with tert-alkyl or cyclic N) is 1. The molecule has 3 nitrogen and oxygen atoms in total. The molecule has 0 bridgehead atoms. The van der Waals surface area contributed by atoms with Crippen molar-refractivity contribution in [2.75, 3.05) is 26.7 Å². The Morgan fingerprint density at radius 2 is 2.12 bits per heavy atom. The van der Waals surface area contributed by atoms with E-state index in [9.17, 15) is 5.11 Å². The van der Waals surface area contributed by atoms with Gasteiger partial charge in [0.15, 0.2) is 0 Å². The van der Waals surface area contributed by atoms with Crippen LogP contribution < -0.4 is 5.32 Å². The van der Waals surface area contributed by atoms with E-state index in [4.69, 9.17) is 0 Å². The van der Waals surface area contributed by atoms with Crippen molar-refractivity contribution in [3.8, 4) is 0 Å². The lowest BCUT2D eigenvalue weighted by molar-refractivity contribution is 0.0659. The van der Waals surface area contributed by atoms with E-state index in [1.54, 1.807) is 0 Å². The number of nitrogens with zero attached hydrogens (tertiary/aromatic N) is 1. The van der Waals surface area contributed by atoms with Crippen LogP contribution in [0.5, 0.6) is 0 Å². The predicted octanol–water partition coefficient (Wildman–Crippen LogP) is 1.47. The zero-order chi connectivity index (χ0) is 12.2. The van der Waals surface area contributed by atoms with Crippen LogP contribution in [-0.2, 0) is 0 Å². The smallest absolute Gasteiger partial charge is 0.0667 e. The van der Waals surface area contributed by atoms with Crippen LogP contribution in [0.2, 0.25) is 0 Å². The molecule has 2 N–H and O–H groups in total. The second-order valence-electron chi connectivity index (χ2n) is 6.09. The monoisotopic (exact) mass is 228 g/mol. The van der Waals surface area contributed by atoms with Crippen molar-refractivity contribution in [1.82, 2.24) is 10.2 Å². The summed E-state index contributed by atoms with van der Waals surface area (Å²) in [5.41, 5.74) is 0.309. The fraction of sp³-hybridized carbons (Fsp3) is 1.00. The molecule has 0 aromatic heterocycles. The maximum absolute atomic E-state index is 9.60. The number of hydrogen-bond donors (Lipinski definition) is 2. The van der Waals surface area contributed by atoms with E-state index in [0.717, 1.165) is 38.9 Å². The predicted molar refractivity (Wildman–Crippen MR) is 68.6 cm³/mol. The van der Waals surface area contributed by atoms with Gasteiger partial charge in [-0.25, -0.2) is 0 Å². The Morgan fingerprint density at radius 1 is 1.44 bits per heavy atom.